The second-order valence-electron chi connectivity index (χ2n) is 6.87. The summed E-state index contributed by atoms with van der Waals surface area (Å²) in [4.78, 5) is 29.1. The van der Waals surface area contributed by atoms with Crippen LogP contribution in [0.5, 0.6) is 0 Å². The van der Waals surface area contributed by atoms with Crippen molar-refractivity contribution in [2.24, 2.45) is 0 Å². The molecule has 8 heteroatoms. The van der Waals surface area contributed by atoms with Crippen molar-refractivity contribution >= 4 is 43.9 Å². The standard InChI is InChI=1S/C22H16BrN5O2/c1-12(28-22-18-21(25-10-24-18)26-11-27-22)20-17(13-5-3-2-4-6-13)19(29)15-9-14(23)7-8-16(15)30-20/h2-12H,1H3,(H2,24,25,26,27,28)/t12-/m1/s1. The highest BCUT2D eigenvalue weighted by Crippen LogP contribution is 2.32. The number of halogens is 1. The number of rotatable bonds is 4. The quantitative estimate of drug-likeness (QED) is 0.388. The van der Waals surface area contributed by atoms with Crippen LogP contribution in [0.3, 0.4) is 0 Å². The molecule has 0 saturated heterocycles. The third kappa shape index (κ3) is 3.15. The van der Waals surface area contributed by atoms with E-state index in [0.29, 0.717) is 39.3 Å². The molecule has 0 aliphatic rings. The van der Waals surface area contributed by atoms with Gasteiger partial charge in [-0.2, -0.15) is 0 Å². The molecule has 0 fully saturated rings. The summed E-state index contributed by atoms with van der Waals surface area (Å²) in [5.41, 5.74) is 3.02. The number of hydrogen-bond acceptors (Lipinski definition) is 6. The Morgan fingerprint density at radius 2 is 1.93 bits per heavy atom. The summed E-state index contributed by atoms with van der Waals surface area (Å²) < 4.78 is 7.08. The summed E-state index contributed by atoms with van der Waals surface area (Å²) in [6.07, 6.45) is 3.02. The van der Waals surface area contributed by atoms with Crippen molar-refractivity contribution in [1.82, 2.24) is 19.9 Å². The minimum atomic E-state index is -0.345. The van der Waals surface area contributed by atoms with Gasteiger partial charge in [-0.3, -0.25) is 4.79 Å². The summed E-state index contributed by atoms with van der Waals surface area (Å²) in [5.74, 6) is 1.12. The van der Waals surface area contributed by atoms with Gasteiger partial charge in [0.05, 0.1) is 23.3 Å². The molecule has 3 aromatic heterocycles. The molecule has 0 saturated carbocycles. The van der Waals surface area contributed by atoms with Gasteiger partial charge in [0.2, 0.25) is 5.43 Å². The minimum absolute atomic E-state index is 0.0817. The lowest BCUT2D eigenvalue weighted by Crippen LogP contribution is -2.16. The molecule has 5 aromatic rings. The first-order valence-corrected chi connectivity index (χ1v) is 10.1. The van der Waals surface area contributed by atoms with Crippen LogP contribution in [0.1, 0.15) is 18.7 Å². The number of hydrogen-bond donors (Lipinski definition) is 2. The Bertz CT molecular complexity index is 1430. The molecule has 0 amide bonds. The number of nitrogens with zero attached hydrogens (tertiary/aromatic N) is 3. The zero-order chi connectivity index (χ0) is 20.7. The molecule has 0 bridgehead atoms. The number of H-pyrrole nitrogens is 1. The Kier molecular flexibility index (Phi) is 4.55. The van der Waals surface area contributed by atoms with Crippen LogP contribution < -0.4 is 10.7 Å². The molecule has 0 aliphatic carbocycles. The van der Waals surface area contributed by atoms with E-state index in [0.717, 1.165) is 10.0 Å². The highest BCUT2D eigenvalue weighted by Gasteiger charge is 2.22. The van der Waals surface area contributed by atoms with Gasteiger partial charge in [-0.25, -0.2) is 15.0 Å². The van der Waals surface area contributed by atoms with Gasteiger partial charge in [-0.15, -0.1) is 0 Å². The third-order valence-electron chi connectivity index (χ3n) is 4.91. The fourth-order valence-corrected chi connectivity index (χ4v) is 3.87. The largest absolute Gasteiger partial charge is 0.458 e. The smallest absolute Gasteiger partial charge is 0.200 e. The van der Waals surface area contributed by atoms with Crippen LogP contribution >= 0.6 is 15.9 Å². The monoisotopic (exact) mass is 461 g/mol. The molecular formula is C22H16BrN5O2. The average Bonchev–Trinajstić information content (AvgIpc) is 3.24. The predicted molar refractivity (Wildman–Crippen MR) is 119 cm³/mol. The van der Waals surface area contributed by atoms with Crippen LogP contribution in [0.25, 0.3) is 33.3 Å². The number of fused-ring (bicyclic) bond motifs is 2. The van der Waals surface area contributed by atoms with Gasteiger partial charge in [0.15, 0.2) is 11.5 Å². The van der Waals surface area contributed by atoms with E-state index in [2.05, 4.69) is 41.2 Å². The molecule has 7 nitrogen and oxygen atoms in total. The van der Waals surface area contributed by atoms with Gasteiger partial charge in [0.1, 0.15) is 23.2 Å². The highest BCUT2D eigenvalue weighted by atomic mass is 79.9. The highest BCUT2D eigenvalue weighted by molar-refractivity contribution is 9.10. The van der Waals surface area contributed by atoms with Crippen molar-refractivity contribution < 1.29 is 4.42 Å². The number of aromatic nitrogens is 4. The summed E-state index contributed by atoms with van der Waals surface area (Å²) in [5, 5.41) is 3.86. The van der Waals surface area contributed by atoms with Gasteiger partial charge in [0.25, 0.3) is 0 Å². The van der Waals surface area contributed by atoms with Crippen molar-refractivity contribution in [3.05, 3.63) is 81.6 Å². The molecule has 0 unspecified atom stereocenters. The summed E-state index contributed by atoms with van der Waals surface area (Å²) >= 11 is 3.44. The van der Waals surface area contributed by atoms with E-state index in [-0.39, 0.29) is 11.5 Å². The van der Waals surface area contributed by atoms with E-state index in [1.807, 2.05) is 43.3 Å². The topological polar surface area (TPSA) is 96.7 Å². The maximum absolute atomic E-state index is 13.5. The normalized spacial score (nSPS) is 12.3. The number of nitrogens with one attached hydrogen (secondary N) is 2. The molecule has 30 heavy (non-hydrogen) atoms. The molecule has 3 heterocycles. The van der Waals surface area contributed by atoms with Crippen LogP contribution in [-0.2, 0) is 0 Å². The van der Waals surface area contributed by atoms with Crippen LogP contribution in [0, 0.1) is 0 Å². The lowest BCUT2D eigenvalue weighted by atomic mass is 9.99. The Morgan fingerprint density at radius 3 is 2.77 bits per heavy atom. The van der Waals surface area contributed by atoms with Gasteiger partial charge in [0, 0.05) is 4.47 Å². The lowest BCUT2D eigenvalue weighted by molar-refractivity contribution is 0.515. The summed E-state index contributed by atoms with van der Waals surface area (Å²) in [7, 11) is 0. The van der Waals surface area contributed by atoms with Crippen molar-refractivity contribution in [3.63, 3.8) is 0 Å². The molecular weight excluding hydrogens is 446 g/mol. The first-order valence-electron chi connectivity index (χ1n) is 9.34. The number of imidazole rings is 1. The van der Waals surface area contributed by atoms with E-state index >= 15 is 0 Å². The Labute approximate surface area is 179 Å². The van der Waals surface area contributed by atoms with E-state index in [4.69, 9.17) is 4.42 Å². The fourth-order valence-electron chi connectivity index (χ4n) is 3.51. The van der Waals surface area contributed by atoms with Gasteiger partial charge < -0.3 is 14.7 Å². The molecule has 1 atom stereocenters. The zero-order valence-electron chi connectivity index (χ0n) is 15.9. The van der Waals surface area contributed by atoms with Crippen molar-refractivity contribution in [2.45, 2.75) is 13.0 Å². The second kappa shape index (κ2) is 7.38. The third-order valence-corrected chi connectivity index (χ3v) is 5.40. The van der Waals surface area contributed by atoms with E-state index in [1.54, 1.807) is 18.5 Å². The number of benzene rings is 2. The second-order valence-corrected chi connectivity index (χ2v) is 7.78. The number of aromatic amines is 1. The molecule has 2 N–H and O–H groups in total. The SMILES string of the molecule is C[C@@H](Nc1ncnc2nc[nH]c12)c1oc2ccc(Br)cc2c(=O)c1-c1ccccc1. The lowest BCUT2D eigenvalue weighted by Gasteiger charge is -2.18. The van der Waals surface area contributed by atoms with Crippen molar-refractivity contribution in [2.75, 3.05) is 5.32 Å². The molecule has 148 valence electrons. The van der Waals surface area contributed by atoms with E-state index < -0.39 is 0 Å². The number of anilines is 1. The first-order chi connectivity index (χ1) is 14.6. The minimum Gasteiger partial charge on any atom is -0.458 e. The van der Waals surface area contributed by atoms with Crippen molar-refractivity contribution in [3.8, 4) is 11.1 Å². The Hall–Kier alpha value is -3.52. The van der Waals surface area contributed by atoms with Crippen molar-refractivity contribution in [1.29, 1.82) is 0 Å². The zero-order valence-corrected chi connectivity index (χ0v) is 17.5. The van der Waals surface area contributed by atoms with Crippen LogP contribution in [0.15, 0.2) is 74.9 Å². The molecule has 0 spiro atoms. The van der Waals surface area contributed by atoms with Crippen LogP contribution in [-0.4, -0.2) is 19.9 Å². The fraction of sp³-hybridized carbons (Fsp3) is 0.0909. The molecule has 0 aliphatic heterocycles. The van der Waals surface area contributed by atoms with Crippen LogP contribution in [0.4, 0.5) is 5.82 Å². The average molecular weight is 462 g/mol. The van der Waals surface area contributed by atoms with Gasteiger partial charge in [-0.1, -0.05) is 46.3 Å². The predicted octanol–water partition coefficient (Wildman–Crippen LogP) is 5.06. The first kappa shape index (κ1) is 18.5. The molecule has 0 radical (unpaired) electrons. The summed E-state index contributed by atoms with van der Waals surface area (Å²) in [6.45, 7) is 1.93. The molecule has 5 rings (SSSR count). The van der Waals surface area contributed by atoms with E-state index in [1.165, 1.54) is 6.33 Å². The van der Waals surface area contributed by atoms with E-state index in [9.17, 15) is 4.79 Å². The Morgan fingerprint density at radius 1 is 1.10 bits per heavy atom. The Balaban J connectivity index is 1.70. The van der Waals surface area contributed by atoms with Gasteiger partial charge in [-0.05, 0) is 30.7 Å². The summed E-state index contributed by atoms with van der Waals surface area (Å²) in [6, 6.07) is 14.6. The molecule has 2 aromatic carbocycles. The maximum atomic E-state index is 13.5. The maximum Gasteiger partial charge on any atom is 0.200 e. The van der Waals surface area contributed by atoms with Gasteiger partial charge >= 0.3 is 0 Å². The van der Waals surface area contributed by atoms with Crippen LogP contribution in [0.2, 0.25) is 0 Å².